The van der Waals surface area contributed by atoms with Gasteiger partial charge in [0.1, 0.15) is 5.82 Å². The van der Waals surface area contributed by atoms with Crippen LogP contribution in [0, 0.1) is 5.82 Å². The molecule has 1 amide bonds. The molecule has 3 rings (SSSR count). The quantitative estimate of drug-likeness (QED) is 0.693. The van der Waals surface area contributed by atoms with Gasteiger partial charge in [0.2, 0.25) is 0 Å². The number of hydrogen-bond acceptors (Lipinski definition) is 2. The molecular weight excluding hydrogens is 283 g/mol. The van der Waals surface area contributed by atoms with E-state index in [2.05, 4.69) is 10.3 Å². The van der Waals surface area contributed by atoms with Crippen LogP contribution in [-0.4, -0.2) is 22.5 Å². The fourth-order valence-corrected chi connectivity index (χ4v) is 2.41. The van der Waals surface area contributed by atoms with Gasteiger partial charge < -0.3 is 15.4 Å². The summed E-state index contributed by atoms with van der Waals surface area (Å²) in [4.78, 5) is 15.3. The van der Waals surface area contributed by atoms with Crippen LogP contribution in [0.15, 0.2) is 54.7 Å². The van der Waals surface area contributed by atoms with Gasteiger partial charge in [0.05, 0.1) is 17.2 Å². The number of rotatable bonds is 4. The van der Waals surface area contributed by atoms with E-state index in [1.165, 1.54) is 12.1 Å². The van der Waals surface area contributed by atoms with Crippen LogP contribution in [0.1, 0.15) is 22.0 Å². The van der Waals surface area contributed by atoms with E-state index < -0.39 is 11.9 Å². The lowest BCUT2D eigenvalue weighted by molar-refractivity contribution is 0.0915. The summed E-state index contributed by atoms with van der Waals surface area (Å²) < 4.78 is 13.6. The lowest BCUT2D eigenvalue weighted by Crippen LogP contribution is -2.28. The predicted octanol–water partition coefficient (Wildman–Crippen LogP) is 2.77. The molecule has 2 aromatic carbocycles. The Morgan fingerprint density at radius 2 is 2.00 bits per heavy atom. The number of carbonyl (C=O) groups is 1. The zero-order chi connectivity index (χ0) is 15.5. The average Bonchev–Trinajstić information content (AvgIpc) is 3.01. The fourth-order valence-electron chi connectivity index (χ4n) is 2.41. The zero-order valence-corrected chi connectivity index (χ0v) is 11.7. The van der Waals surface area contributed by atoms with Gasteiger partial charge in [-0.15, -0.1) is 0 Å². The second-order valence-electron chi connectivity index (χ2n) is 4.99. The van der Waals surface area contributed by atoms with E-state index in [0.717, 1.165) is 10.9 Å². The largest absolute Gasteiger partial charge is 0.386 e. The number of para-hydroxylation sites is 1. The summed E-state index contributed by atoms with van der Waals surface area (Å²) in [6.07, 6.45) is 0.670. The summed E-state index contributed by atoms with van der Waals surface area (Å²) in [5.74, 6) is -0.806. The minimum absolute atomic E-state index is 0.0587. The summed E-state index contributed by atoms with van der Waals surface area (Å²) in [5.41, 5.74) is 1.39. The molecule has 0 saturated heterocycles. The van der Waals surface area contributed by atoms with E-state index in [0.29, 0.717) is 5.56 Å². The molecule has 0 bridgehead atoms. The molecule has 4 nitrogen and oxygen atoms in total. The average molecular weight is 298 g/mol. The third kappa shape index (κ3) is 2.71. The third-order valence-corrected chi connectivity index (χ3v) is 3.55. The standard InChI is InChI=1S/C17H15FN2O2/c18-14-7-2-1-5-12(14)15(21)10-20-17(22)13-6-3-4-11-8-9-19-16(11)13/h1-9,15,19,21H,10H2,(H,20,22). The minimum atomic E-state index is -1.09. The highest BCUT2D eigenvalue weighted by Crippen LogP contribution is 2.18. The van der Waals surface area contributed by atoms with Crippen LogP contribution in [0.4, 0.5) is 4.39 Å². The summed E-state index contributed by atoms with van der Waals surface area (Å²) in [6, 6.07) is 13.2. The van der Waals surface area contributed by atoms with Crippen LogP contribution >= 0.6 is 0 Å². The maximum Gasteiger partial charge on any atom is 0.253 e. The maximum atomic E-state index is 13.6. The number of nitrogens with one attached hydrogen (secondary N) is 2. The monoisotopic (exact) mass is 298 g/mol. The lowest BCUT2D eigenvalue weighted by Gasteiger charge is -2.13. The first-order chi connectivity index (χ1) is 10.7. The molecule has 1 atom stereocenters. The van der Waals surface area contributed by atoms with Crippen molar-refractivity contribution in [1.29, 1.82) is 0 Å². The van der Waals surface area contributed by atoms with Gasteiger partial charge in [0.15, 0.2) is 0 Å². The number of benzene rings is 2. The Morgan fingerprint density at radius 3 is 2.82 bits per heavy atom. The molecule has 1 aromatic heterocycles. The Kier molecular flexibility index (Phi) is 3.89. The molecule has 3 aromatic rings. The molecule has 0 aliphatic carbocycles. The molecule has 112 valence electrons. The van der Waals surface area contributed by atoms with Crippen molar-refractivity contribution in [2.24, 2.45) is 0 Å². The number of carbonyl (C=O) groups excluding carboxylic acids is 1. The number of aromatic amines is 1. The van der Waals surface area contributed by atoms with Gasteiger partial charge in [-0.25, -0.2) is 4.39 Å². The summed E-state index contributed by atoms with van der Waals surface area (Å²) in [6.45, 7) is -0.0587. The van der Waals surface area contributed by atoms with E-state index in [1.54, 1.807) is 30.5 Å². The number of H-pyrrole nitrogens is 1. The Balaban J connectivity index is 1.73. The summed E-state index contributed by atoms with van der Waals surface area (Å²) in [7, 11) is 0. The lowest BCUT2D eigenvalue weighted by atomic mass is 10.1. The Morgan fingerprint density at radius 1 is 1.18 bits per heavy atom. The van der Waals surface area contributed by atoms with Gasteiger partial charge in [-0.2, -0.15) is 0 Å². The molecule has 5 heteroatoms. The number of aliphatic hydroxyl groups is 1. The zero-order valence-electron chi connectivity index (χ0n) is 11.7. The number of aromatic nitrogens is 1. The van der Waals surface area contributed by atoms with Crippen molar-refractivity contribution >= 4 is 16.8 Å². The predicted molar refractivity (Wildman–Crippen MR) is 82.0 cm³/mol. The van der Waals surface area contributed by atoms with Crippen molar-refractivity contribution in [3.8, 4) is 0 Å². The second-order valence-corrected chi connectivity index (χ2v) is 4.99. The molecule has 22 heavy (non-hydrogen) atoms. The van der Waals surface area contributed by atoms with E-state index >= 15 is 0 Å². The van der Waals surface area contributed by atoms with Crippen LogP contribution in [0.2, 0.25) is 0 Å². The van der Waals surface area contributed by atoms with Gasteiger partial charge >= 0.3 is 0 Å². The highest BCUT2D eigenvalue weighted by molar-refractivity contribution is 6.05. The van der Waals surface area contributed by atoms with Crippen LogP contribution < -0.4 is 5.32 Å². The van der Waals surface area contributed by atoms with Gasteiger partial charge in [-0.05, 0) is 18.2 Å². The molecule has 0 fully saturated rings. The van der Waals surface area contributed by atoms with Crippen LogP contribution in [0.25, 0.3) is 10.9 Å². The van der Waals surface area contributed by atoms with Crippen LogP contribution in [0.3, 0.4) is 0 Å². The third-order valence-electron chi connectivity index (χ3n) is 3.55. The number of halogens is 1. The van der Waals surface area contributed by atoms with Crippen molar-refractivity contribution in [3.05, 3.63) is 71.7 Å². The first-order valence-corrected chi connectivity index (χ1v) is 6.93. The molecule has 1 heterocycles. The summed E-state index contributed by atoms with van der Waals surface area (Å²) in [5, 5.41) is 13.6. The molecule has 0 aliphatic heterocycles. The minimum Gasteiger partial charge on any atom is -0.386 e. The van der Waals surface area contributed by atoms with E-state index in [4.69, 9.17) is 0 Å². The highest BCUT2D eigenvalue weighted by atomic mass is 19.1. The first-order valence-electron chi connectivity index (χ1n) is 6.93. The molecule has 1 unspecified atom stereocenters. The summed E-state index contributed by atoms with van der Waals surface area (Å²) >= 11 is 0. The van der Waals surface area contributed by atoms with E-state index in [9.17, 15) is 14.3 Å². The van der Waals surface area contributed by atoms with Crippen molar-refractivity contribution in [1.82, 2.24) is 10.3 Å². The fraction of sp³-hybridized carbons (Fsp3) is 0.118. The maximum absolute atomic E-state index is 13.6. The normalized spacial score (nSPS) is 12.3. The smallest absolute Gasteiger partial charge is 0.253 e. The topological polar surface area (TPSA) is 65.1 Å². The number of amides is 1. The van der Waals surface area contributed by atoms with Gasteiger partial charge in [-0.1, -0.05) is 30.3 Å². The Hall–Kier alpha value is -2.66. The van der Waals surface area contributed by atoms with E-state index in [1.807, 2.05) is 12.1 Å². The number of aliphatic hydroxyl groups excluding tert-OH is 1. The molecule has 3 N–H and O–H groups in total. The van der Waals surface area contributed by atoms with Crippen molar-refractivity contribution < 1.29 is 14.3 Å². The SMILES string of the molecule is O=C(NCC(O)c1ccccc1F)c1cccc2cc[nH]c12. The molecular formula is C17H15FN2O2. The molecule has 0 saturated carbocycles. The Labute approximate surface area is 126 Å². The Bertz CT molecular complexity index is 813. The molecule has 0 spiro atoms. The number of hydrogen-bond donors (Lipinski definition) is 3. The van der Waals surface area contributed by atoms with Crippen LogP contribution in [-0.2, 0) is 0 Å². The van der Waals surface area contributed by atoms with Crippen LogP contribution in [0.5, 0.6) is 0 Å². The van der Waals surface area contributed by atoms with Gasteiger partial charge in [-0.3, -0.25) is 4.79 Å². The first kappa shape index (κ1) is 14.3. The molecule has 0 aliphatic rings. The van der Waals surface area contributed by atoms with Crippen molar-refractivity contribution in [3.63, 3.8) is 0 Å². The number of fused-ring (bicyclic) bond motifs is 1. The van der Waals surface area contributed by atoms with Gasteiger partial charge in [0, 0.05) is 23.7 Å². The van der Waals surface area contributed by atoms with Crippen molar-refractivity contribution in [2.45, 2.75) is 6.10 Å². The second kappa shape index (κ2) is 5.99. The van der Waals surface area contributed by atoms with Crippen molar-refractivity contribution in [2.75, 3.05) is 6.54 Å². The van der Waals surface area contributed by atoms with E-state index in [-0.39, 0.29) is 18.0 Å². The molecule has 0 radical (unpaired) electrons. The van der Waals surface area contributed by atoms with Gasteiger partial charge in [0.25, 0.3) is 5.91 Å². The highest BCUT2D eigenvalue weighted by Gasteiger charge is 2.15.